The van der Waals surface area contributed by atoms with Crippen molar-refractivity contribution in [1.29, 1.82) is 0 Å². The van der Waals surface area contributed by atoms with Crippen molar-refractivity contribution in [2.75, 3.05) is 6.54 Å². The minimum absolute atomic E-state index is 0.243. The fourth-order valence-electron chi connectivity index (χ4n) is 2.78. The molecule has 21 heavy (non-hydrogen) atoms. The lowest BCUT2D eigenvalue weighted by molar-refractivity contribution is 0.222. The molecule has 0 aromatic heterocycles. The molecule has 0 saturated carbocycles. The third-order valence-corrected chi connectivity index (χ3v) is 4.34. The van der Waals surface area contributed by atoms with Gasteiger partial charge in [0.1, 0.15) is 11.9 Å². The lowest BCUT2D eigenvalue weighted by atomic mass is 10.1. The number of hydrogen-bond donors (Lipinski definition) is 1. The minimum Gasteiger partial charge on any atom is -0.488 e. The Kier molecular flexibility index (Phi) is 4.61. The average molecular weight is 346 g/mol. The summed E-state index contributed by atoms with van der Waals surface area (Å²) in [6.45, 7) is 3.12. The zero-order valence-corrected chi connectivity index (χ0v) is 13.8. The largest absolute Gasteiger partial charge is 0.488 e. The third kappa shape index (κ3) is 3.86. The summed E-state index contributed by atoms with van der Waals surface area (Å²) in [5.41, 5.74) is 2.67. The molecule has 0 aliphatic carbocycles. The van der Waals surface area contributed by atoms with E-state index in [1.165, 1.54) is 11.1 Å². The molecule has 1 aliphatic heterocycles. The quantitative estimate of drug-likeness (QED) is 0.885. The molecule has 0 saturated heterocycles. The van der Waals surface area contributed by atoms with E-state index < -0.39 is 0 Å². The van der Waals surface area contributed by atoms with Crippen molar-refractivity contribution in [2.24, 2.45) is 0 Å². The van der Waals surface area contributed by atoms with E-state index in [4.69, 9.17) is 4.74 Å². The van der Waals surface area contributed by atoms with Crippen LogP contribution in [0.4, 0.5) is 0 Å². The zero-order valence-electron chi connectivity index (χ0n) is 12.2. The van der Waals surface area contributed by atoms with Gasteiger partial charge in [-0.2, -0.15) is 0 Å². The van der Waals surface area contributed by atoms with E-state index in [2.05, 4.69) is 64.6 Å². The fourth-order valence-corrected chi connectivity index (χ4v) is 3.18. The summed E-state index contributed by atoms with van der Waals surface area (Å²) >= 11 is 3.51. The monoisotopic (exact) mass is 345 g/mol. The molecular formula is C18H20BrNO. The summed E-state index contributed by atoms with van der Waals surface area (Å²) in [5.74, 6) is 1.03. The van der Waals surface area contributed by atoms with Crippen molar-refractivity contribution < 1.29 is 4.74 Å². The van der Waals surface area contributed by atoms with E-state index in [-0.39, 0.29) is 6.10 Å². The molecule has 2 atom stereocenters. The number of ether oxygens (including phenoxy) is 1. The molecule has 110 valence electrons. The Morgan fingerprint density at radius 2 is 2.05 bits per heavy atom. The highest BCUT2D eigenvalue weighted by atomic mass is 79.9. The first-order chi connectivity index (χ1) is 10.2. The van der Waals surface area contributed by atoms with Crippen LogP contribution in [-0.2, 0) is 12.8 Å². The Morgan fingerprint density at radius 3 is 2.86 bits per heavy atom. The van der Waals surface area contributed by atoms with Crippen molar-refractivity contribution in [1.82, 2.24) is 5.32 Å². The summed E-state index contributed by atoms with van der Waals surface area (Å²) in [7, 11) is 0. The van der Waals surface area contributed by atoms with Crippen LogP contribution in [0.3, 0.4) is 0 Å². The minimum atomic E-state index is 0.243. The molecule has 0 amide bonds. The second-order valence-electron chi connectivity index (χ2n) is 5.70. The molecule has 2 nitrogen and oxygen atoms in total. The Balaban J connectivity index is 1.48. The lowest BCUT2D eigenvalue weighted by Gasteiger charge is -2.17. The van der Waals surface area contributed by atoms with Gasteiger partial charge in [-0.15, -0.1) is 0 Å². The maximum absolute atomic E-state index is 5.98. The molecule has 2 aromatic carbocycles. The van der Waals surface area contributed by atoms with Crippen LogP contribution in [0.5, 0.6) is 5.75 Å². The highest BCUT2D eigenvalue weighted by Gasteiger charge is 2.23. The van der Waals surface area contributed by atoms with Crippen molar-refractivity contribution in [3.8, 4) is 5.75 Å². The smallest absolute Gasteiger partial charge is 0.123 e. The van der Waals surface area contributed by atoms with E-state index in [0.717, 1.165) is 29.6 Å². The molecule has 1 aliphatic rings. The van der Waals surface area contributed by atoms with Crippen LogP contribution in [0.2, 0.25) is 0 Å². The molecule has 2 unspecified atom stereocenters. The van der Waals surface area contributed by atoms with Crippen LogP contribution < -0.4 is 10.1 Å². The van der Waals surface area contributed by atoms with Gasteiger partial charge in [-0.1, -0.05) is 46.3 Å². The fraction of sp³-hybridized carbons (Fsp3) is 0.333. The second kappa shape index (κ2) is 6.63. The second-order valence-corrected chi connectivity index (χ2v) is 6.61. The first-order valence-corrected chi connectivity index (χ1v) is 8.22. The predicted octanol–water partition coefficient (Wildman–Crippen LogP) is 3.97. The zero-order chi connectivity index (χ0) is 14.7. The van der Waals surface area contributed by atoms with Crippen LogP contribution in [0.15, 0.2) is 53.0 Å². The molecule has 3 heteroatoms. The van der Waals surface area contributed by atoms with E-state index in [0.29, 0.717) is 6.04 Å². The predicted molar refractivity (Wildman–Crippen MR) is 89.9 cm³/mol. The van der Waals surface area contributed by atoms with E-state index in [9.17, 15) is 0 Å². The average Bonchev–Trinajstić information content (AvgIpc) is 2.88. The topological polar surface area (TPSA) is 21.3 Å². The molecular weight excluding hydrogens is 326 g/mol. The Labute approximate surface area is 134 Å². The third-order valence-electron chi connectivity index (χ3n) is 3.84. The molecule has 3 rings (SSSR count). The van der Waals surface area contributed by atoms with Gasteiger partial charge in [0.15, 0.2) is 0 Å². The van der Waals surface area contributed by atoms with Gasteiger partial charge in [-0.05, 0) is 42.7 Å². The number of hydrogen-bond acceptors (Lipinski definition) is 2. The number of rotatable bonds is 5. The van der Waals surface area contributed by atoms with Gasteiger partial charge >= 0.3 is 0 Å². The molecule has 0 fully saturated rings. The Hall–Kier alpha value is -1.32. The molecule has 1 heterocycles. The molecule has 0 spiro atoms. The van der Waals surface area contributed by atoms with Crippen LogP contribution in [0, 0.1) is 0 Å². The van der Waals surface area contributed by atoms with Gasteiger partial charge in [-0.25, -0.2) is 0 Å². The maximum atomic E-state index is 5.98. The molecule has 1 N–H and O–H groups in total. The highest BCUT2D eigenvalue weighted by molar-refractivity contribution is 9.10. The van der Waals surface area contributed by atoms with Crippen molar-refractivity contribution in [3.63, 3.8) is 0 Å². The highest BCUT2D eigenvalue weighted by Crippen LogP contribution is 2.30. The number of benzene rings is 2. The van der Waals surface area contributed by atoms with Crippen molar-refractivity contribution in [3.05, 3.63) is 64.1 Å². The first-order valence-electron chi connectivity index (χ1n) is 7.43. The van der Waals surface area contributed by atoms with Crippen molar-refractivity contribution in [2.45, 2.75) is 31.9 Å². The van der Waals surface area contributed by atoms with Crippen LogP contribution in [0.25, 0.3) is 0 Å². The molecule has 2 aromatic rings. The van der Waals surface area contributed by atoms with Gasteiger partial charge in [0, 0.05) is 23.5 Å². The summed E-state index contributed by atoms with van der Waals surface area (Å²) < 4.78 is 7.10. The number of fused-ring (bicyclic) bond motifs is 1. The van der Waals surface area contributed by atoms with E-state index in [1.807, 2.05) is 12.1 Å². The summed E-state index contributed by atoms with van der Waals surface area (Å²) in [6, 6.07) is 17.3. The standard InChI is InChI=1S/C18H20BrNO/c1-13(9-14-5-3-2-4-6-14)20-12-17-11-15-10-16(19)7-8-18(15)21-17/h2-8,10,13,17,20H,9,11-12H2,1H3. The number of halogens is 1. The van der Waals surface area contributed by atoms with Gasteiger partial charge in [0.2, 0.25) is 0 Å². The van der Waals surface area contributed by atoms with E-state index in [1.54, 1.807) is 0 Å². The van der Waals surface area contributed by atoms with Crippen LogP contribution >= 0.6 is 15.9 Å². The Bertz CT molecular complexity index is 599. The van der Waals surface area contributed by atoms with Gasteiger partial charge in [0.05, 0.1) is 0 Å². The summed E-state index contributed by atoms with van der Waals surface area (Å²) in [5, 5.41) is 3.59. The van der Waals surface area contributed by atoms with Gasteiger partial charge in [0.25, 0.3) is 0 Å². The van der Waals surface area contributed by atoms with E-state index >= 15 is 0 Å². The van der Waals surface area contributed by atoms with Gasteiger partial charge < -0.3 is 10.1 Å². The summed E-state index contributed by atoms with van der Waals surface area (Å²) in [4.78, 5) is 0. The van der Waals surface area contributed by atoms with Gasteiger partial charge in [-0.3, -0.25) is 0 Å². The van der Waals surface area contributed by atoms with Crippen LogP contribution in [-0.4, -0.2) is 18.7 Å². The Morgan fingerprint density at radius 1 is 1.24 bits per heavy atom. The first kappa shape index (κ1) is 14.6. The normalized spacial score (nSPS) is 18.1. The molecule has 0 bridgehead atoms. The van der Waals surface area contributed by atoms with Crippen LogP contribution in [0.1, 0.15) is 18.1 Å². The summed E-state index contributed by atoms with van der Waals surface area (Å²) in [6.07, 6.45) is 2.28. The maximum Gasteiger partial charge on any atom is 0.123 e. The SMILES string of the molecule is CC(Cc1ccccc1)NCC1Cc2cc(Br)ccc2O1. The lowest BCUT2D eigenvalue weighted by Crippen LogP contribution is -2.36. The molecule has 0 radical (unpaired) electrons. The van der Waals surface area contributed by atoms with Crippen molar-refractivity contribution >= 4 is 15.9 Å². The number of nitrogens with one attached hydrogen (secondary N) is 1.